The summed E-state index contributed by atoms with van der Waals surface area (Å²) in [5, 5.41) is 27.3. The highest BCUT2D eigenvalue weighted by Crippen LogP contribution is 2.10. The highest BCUT2D eigenvalue weighted by molar-refractivity contribution is 5.66. The molecule has 10 nitrogen and oxygen atoms in total. The van der Waals surface area contributed by atoms with Crippen LogP contribution in [0.3, 0.4) is 0 Å². The first kappa shape index (κ1) is 48.3. The molecule has 3 N–H and O–H groups in total. The van der Waals surface area contributed by atoms with Crippen molar-refractivity contribution in [2.45, 2.75) is 188 Å². The number of aliphatic carboxylic acids is 1. The second-order valence-electron chi connectivity index (χ2n) is 13.2. The molecule has 0 saturated heterocycles. The van der Waals surface area contributed by atoms with Gasteiger partial charge in [0.2, 0.25) is 0 Å². The van der Waals surface area contributed by atoms with Crippen molar-refractivity contribution in [2.75, 3.05) is 46.2 Å². The molecule has 284 valence electrons. The first-order valence-corrected chi connectivity index (χ1v) is 18.6. The lowest BCUT2D eigenvalue weighted by Crippen LogP contribution is -2.30. The molecule has 0 aliphatic heterocycles. The number of aliphatic hydroxyl groups excluding tert-OH is 2. The lowest BCUT2D eigenvalue weighted by atomic mass is 10.1. The molecule has 0 aromatic carbocycles. The molecule has 10 heteroatoms. The highest BCUT2D eigenvalue weighted by Gasteiger charge is 2.14. The number of carbonyl (C=O) groups is 1. The zero-order valence-corrected chi connectivity index (χ0v) is 31.6. The Morgan fingerprint density at radius 3 is 1.17 bits per heavy atom. The zero-order chi connectivity index (χ0) is 35.7. The molecule has 0 heterocycles. The summed E-state index contributed by atoms with van der Waals surface area (Å²) in [7, 11) is 0. The average molecular weight is 681 g/mol. The van der Waals surface area contributed by atoms with Crippen molar-refractivity contribution in [3.8, 4) is 0 Å². The van der Waals surface area contributed by atoms with E-state index in [1.807, 2.05) is 41.5 Å². The third-order valence-electron chi connectivity index (χ3n) is 7.54. The van der Waals surface area contributed by atoms with Crippen LogP contribution in [-0.4, -0.2) is 110 Å². The van der Waals surface area contributed by atoms with Crippen LogP contribution in [0.15, 0.2) is 0 Å². The van der Waals surface area contributed by atoms with Crippen molar-refractivity contribution in [3.05, 3.63) is 0 Å². The molecule has 7 unspecified atom stereocenters. The van der Waals surface area contributed by atoms with Crippen LogP contribution in [0.4, 0.5) is 0 Å². The molecule has 0 amide bonds. The Balaban J connectivity index is 0. The highest BCUT2D eigenvalue weighted by atomic mass is 16.6. The van der Waals surface area contributed by atoms with Gasteiger partial charge < -0.3 is 43.7 Å². The number of carboxylic acids is 1. The molecule has 0 saturated carbocycles. The molecule has 0 fully saturated rings. The maximum absolute atomic E-state index is 10.2. The summed E-state index contributed by atoms with van der Waals surface area (Å²) in [6.07, 6.45) is 14.7. The number of aliphatic hydroxyl groups is 2. The molecule has 0 radical (unpaired) electrons. The zero-order valence-electron chi connectivity index (χ0n) is 31.6. The van der Waals surface area contributed by atoms with Gasteiger partial charge in [-0.2, -0.15) is 0 Å². The van der Waals surface area contributed by atoms with E-state index in [0.29, 0.717) is 46.1 Å². The van der Waals surface area contributed by atoms with Gasteiger partial charge in [0.05, 0.1) is 89.0 Å². The molecule has 0 aliphatic carbocycles. The van der Waals surface area contributed by atoms with Gasteiger partial charge in [0.1, 0.15) is 0 Å². The molecule has 0 bridgehead atoms. The number of carboxylic acid groups (broad SMARTS) is 1. The third kappa shape index (κ3) is 37.8. The Morgan fingerprint density at radius 2 is 0.809 bits per heavy atom. The fraction of sp³-hybridized carbons (Fsp3) is 0.973. The Labute approximate surface area is 288 Å². The maximum atomic E-state index is 10.2. The van der Waals surface area contributed by atoms with Gasteiger partial charge in [0.25, 0.3) is 0 Å². The van der Waals surface area contributed by atoms with E-state index in [9.17, 15) is 9.90 Å². The van der Waals surface area contributed by atoms with Crippen molar-refractivity contribution in [3.63, 3.8) is 0 Å². The largest absolute Gasteiger partial charge is 0.481 e. The molecule has 0 aromatic heterocycles. The molecule has 0 aromatic rings. The van der Waals surface area contributed by atoms with Gasteiger partial charge >= 0.3 is 5.97 Å². The third-order valence-corrected chi connectivity index (χ3v) is 7.54. The van der Waals surface area contributed by atoms with Crippen LogP contribution in [0.1, 0.15) is 145 Å². The van der Waals surface area contributed by atoms with Crippen LogP contribution in [0, 0.1) is 0 Å². The number of hydrogen-bond acceptors (Lipinski definition) is 9. The number of ether oxygens (including phenoxy) is 6. The van der Waals surface area contributed by atoms with Gasteiger partial charge in [-0.15, -0.1) is 0 Å². The Kier molecular flexibility index (Phi) is 35.9. The van der Waals surface area contributed by atoms with Crippen molar-refractivity contribution < 1.29 is 48.5 Å². The Morgan fingerprint density at radius 1 is 0.489 bits per heavy atom. The van der Waals surface area contributed by atoms with Gasteiger partial charge in [-0.3, -0.25) is 4.79 Å². The first-order chi connectivity index (χ1) is 22.4. The van der Waals surface area contributed by atoms with Crippen LogP contribution in [0.5, 0.6) is 0 Å². The van der Waals surface area contributed by atoms with E-state index in [0.717, 1.165) is 38.5 Å². The van der Waals surface area contributed by atoms with Gasteiger partial charge in [0.15, 0.2) is 0 Å². The van der Waals surface area contributed by atoms with Crippen molar-refractivity contribution in [2.24, 2.45) is 0 Å². The van der Waals surface area contributed by atoms with Gasteiger partial charge in [-0.1, -0.05) is 84.5 Å². The summed E-state index contributed by atoms with van der Waals surface area (Å²) in [6.45, 7) is 18.7. The summed E-state index contributed by atoms with van der Waals surface area (Å²) >= 11 is 0. The predicted molar refractivity (Wildman–Crippen MR) is 189 cm³/mol. The molecular formula is C37H76O10. The molecule has 0 aliphatic rings. The van der Waals surface area contributed by atoms with Crippen LogP contribution in [0.2, 0.25) is 0 Å². The lowest BCUT2D eigenvalue weighted by molar-refractivity contribution is -0.137. The van der Waals surface area contributed by atoms with E-state index in [1.54, 1.807) is 0 Å². The molecule has 0 spiro atoms. The summed E-state index contributed by atoms with van der Waals surface area (Å²) in [5.74, 6) is -0.659. The lowest BCUT2D eigenvalue weighted by Gasteiger charge is -2.22. The second kappa shape index (κ2) is 35.0. The van der Waals surface area contributed by atoms with E-state index in [4.69, 9.17) is 38.6 Å². The topological polar surface area (TPSA) is 133 Å². The summed E-state index contributed by atoms with van der Waals surface area (Å²) in [6, 6.07) is 0. The normalized spacial score (nSPS) is 16.0. The summed E-state index contributed by atoms with van der Waals surface area (Å²) in [4.78, 5) is 10.2. The van der Waals surface area contributed by atoms with Gasteiger partial charge in [0, 0.05) is 6.42 Å². The molecule has 7 atom stereocenters. The quantitative estimate of drug-likeness (QED) is 0.0605. The minimum Gasteiger partial charge on any atom is -0.481 e. The van der Waals surface area contributed by atoms with Crippen molar-refractivity contribution >= 4 is 5.97 Å². The number of unbranched alkanes of at least 4 members (excludes halogenated alkanes) is 10. The summed E-state index contributed by atoms with van der Waals surface area (Å²) in [5.41, 5.74) is 0. The standard InChI is InChI=1S/C25H52O8.C12H24O2/c1-8-9-10-11-25(27)18-33-24(7)17-32-23(6)16-31-22(5)15-30-21(4)14-29-20(3)13-28-19(2)12-26;1-2-3-4-5-6-7-8-9-10-11-12(13)14/h19-27H,8-18H2,1-7H3;2-11H2,1H3,(H,13,14). The fourth-order valence-electron chi connectivity index (χ4n) is 4.37. The van der Waals surface area contributed by atoms with E-state index >= 15 is 0 Å². The van der Waals surface area contributed by atoms with Crippen LogP contribution in [-0.2, 0) is 33.2 Å². The molecule has 0 rings (SSSR count). The average Bonchev–Trinajstić information content (AvgIpc) is 3.05. The second-order valence-corrected chi connectivity index (χ2v) is 13.2. The van der Waals surface area contributed by atoms with Gasteiger partial charge in [-0.25, -0.2) is 0 Å². The minimum atomic E-state index is -0.659. The Hall–Kier alpha value is -0.850. The first-order valence-electron chi connectivity index (χ1n) is 18.6. The monoisotopic (exact) mass is 681 g/mol. The van der Waals surface area contributed by atoms with E-state index in [2.05, 4.69) is 13.8 Å². The fourth-order valence-corrected chi connectivity index (χ4v) is 4.37. The number of rotatable bonds is 33. The number of hydrogen-bond donors (Lipinski definition) is 3. The van der Waals surface area contributed by atoms with E-state index < -0.39 is 12.1 Å². The predicted octanol–water partition coefficient (Wildman–Crippen LogP) is 7.34. The van der Waals surface area contributed by atoms with E-state index in [1.165, 1.54) is 44.9 Å². The molecular weight excluding hydrogens is 604 g/mol. The summed E-state index contributed by atoms with van der Waals surface area (Å²) < 4.78 is 34.3. The van der Waals surface area contributed by atoms with Crippen LogP contribution >= 0.6 is 0 Å². The SMILES string of the molecule is CCCCCC(O)COC(C)COC(C)COC(C)COC(C)COC(C)COC(C)CO.CCCCCCCCCCCC(=O)O. The Bertz CT molecular complexity index is 653. The van der Waals surface area contributed by atoms with E-state index in [-0.39, 0.29) is 43.2 Å². The minimum absolute atomic E-state index is 0.00388. The maximum Gasteiger partial charge on any atom is 0.303 e. The van der Waals surface area contributed by atoms with Crippen molar-refractivity contribution in [1.29, 1.82) is 0 Å². The van der Waals surface area contributed by atoms with Gasteiger partial charge in [-0.05, 0) is 54.4 Å². The van der Waals surface area contributed by atoms with Crippen LogP contribution < -0.4 is 0 Å². The van der Waals surface area contributed by atoms with Crippen molar-refractivity contribution in [1.82, 2.24) is 0 Å². The molecule has 47 heavy (non-hydrogen) atoms. The smallest absolute Gasteiger partial charge is 0.303 e. The van der Waals surface area contributed by atoms with Crippen LogP contribution in [0.25, 0.3) is 0 Å².